The Bertz CT molecular complexity index is 1210. The number of carbonyl (C=O) groups excluding carboxylic acids is 1. The molecule has 0 atom stereocenters. The van der Waals surface area contributed by atoms with Gasteiger partial charge in [0.25, 0.3) is 5.91 Å². The molecule has 11 heteroatoms. The van der Waals surface area contributed by atoms with Crippen molar-refractivity contribution >= 4 is 64.9 Å². The maximum atomic E-state index is 12.3. The minimum absolute atomic E-state index is 0.0421. The van der Waals surface area contributed by atoms with Gasteiger partial charge in [-0.1, -0.05) is 28.1 Å². The Morgan fingerprint density at radius 3 is 2.61 bits per heavy atom. The van der Waals surface area contributed by atoms with Crippen LogP contribution in [-0.4, -0.2) is 41.0 Å². The second kappa shape index (κ2) is 6.83. The zero-order chi connectivity index (χ0) is 20.1. The first kappa shape index (κ1) is 18.8. The molecule has 1 N–H and O–H groups in total. The van der Waals surface area contributed by atoms with Crippen LogP contribution in [0.25, 0.3) is 17.4 Å². The van der Waals surface area contributed by atoms with E-state index in [9.17, 15) is 13.2 Å². The van der Waals surface area contributed by atoms with Crippen LogP contribution in [0.1, 0.15) is 5.76 Å². The second-order valence-corrected chi connectivity index (χ2v) is 9.93. The zero-order valence-corrected chi connectivity index (χ0v) is 17.4. The number of hydrogen-bond donors (Lipinski definition) is 1. The Labute approximate surface area is 172 Å². The summed E-state index contributed by atoms with van der Waals surface area (Å²) in [5, 5.41) is 13.2. The van der Waals surface area contributed by atoms with E-state index in [2.05, 4.69) is 26.0 Å². The first-order valence-electron chi connectivity index (χ1n) is 7.78. The Kier molecular flexibility index (Phi) is 4.60. The molecule has 0 spiro atoms. The molecule has 142 valence electrons. The van der Waals surface area contributed by atoms with Crippen molar-refractivity contribution in [2.45, 2.75) is 0 Å². The van der Waals surface area contributed by atoms with Gasteiger partial charge in [-0.2, -0.15) is 10.0 Å². The van der Waals surface area contributed by atoms with E-state index < -0.39 is 15.7 Å². The van der Waals surface area contributed by atoms with Gasteiger partial charge in [-0.3, -0.25) is 10.2 Å². The molecule has 0 bridgehead atoms. The van der Waals surface area contributed by atoms with Crippen molar-refractivity contribution in [1.82, 2.24) is 5.01 Å². The number of hydrogen-bond acceptors (Lipinski definition) is 7. The molecule has 8 nitrogen and oxygen atoms in total. The van der Waals surface area contributed by atoms with E-state index in [0.717, 1.165) is 33.1 Å². The molecule has 2 aliphatic heterocycles. The van der Waals surface area contributed by atoms with E-state index in [1.165, 1.54) is 6.08 Å². The highest BCUT2D eigenvalue weighted by atomic mass is 79.9. The van der Waals surface area contributed by atoms with Crippen LogP contribution in [0.4, 0.5) is 0 Å². The van der Waals surface area contributed by atoms with Crippen molar-refractivity contribution < 1.29 is 17.6 Å². The van der Waals surface area contributed by atoms with Crippen molar-refractivity contribution in [3.63, 3.8) is 0 Å². The third kappa shape index (κ3) is 3.48. The number of thioether (sulfide) groups is 1. The maximum absolute atomic E-state index is 12.3. The molecule has 1 aromatic carbocycles. The quantitative estimate of drug-likeness (QED) is 0.661. The molecular weight excluding hydrogens is 468 g/mol. The average Bonchev–Trinajstić information content (AvgIpc) is 3.26. The van der Waals surface area contributed by atoms with Gasteiger partial charge < -0.3 is 4.42 Å². The van der Waals surface area contributed by atoms with Crippen LogP contribution in [-0.2, 0) is 14.6 Å². The molecule has 4 rings (SSSR count). The van der Waals surface area contributed by atoms with Gasteiger partial charge >= 0.3 is 0 Å². The molecule has 0 fully saturated rings. The fraction of sp³-hybridized carbons (Fsp3) is 0.0588. The molecule has 0 saturated heterocycles. The lowest BCUT2D eigenvalue weighted by atomic mass is 10.1. The highest BCUT2D eigenvalue weighted by molar-refractivity contribution is 9.10. The SMILES string of the molecule is CS(=O)(=O)C1=NN2C(=N)/C(=C\c3ccc(-c4ccc(Br)cc4)o3)C(=O)N=C2S1. The van der Waals surface area contributed by atoms with Gasteiger partial charge in [-0.25, -0.2) is 8.42 Å². The molecule has 0 unspecified atom stereocenters. The van der Waals surface area contributed by atoms with Crippen LogP contribution in [0.15, 0.2) is 61.0 Å². The predicted octanol–water partition coefficient (Wildman–Crippen LogP) is 3.33. The lowest BCUT2D eigenvalue weighted by molar-refractivity contribution is -0.114. The summed E-state index contributed by atoms with van der Waals surface area (Å²) in [7, 11) is -3.57. The fourth-order valence-corrected chi connectivity index (χ4v) is 4.42. The summed E-state index contributed by atoms with van der Waals surface area (Å²) in [6.07, 6.45) is 2.40. The predicted molar refractivity (Wildman–Crippen MR) is 112 cm³/mol. The van der Waals surface area contributed by atoms with Crippen molar-refractivity contribution in [3.8, 4) is 11.3 Å². The largest absolute Gasteiger partial charge is 0.457 e. The van der Waals surface area contributed by atoms with E-state index in [-0.39, 0.29) is 21.0 Å². The van der Waals surface area contributed by atoms with Crippen LogP contribution >= 0.6 is 27.7 Å². The summed E-state index contributed by atoms with van der Waals surface area (Å²) < 4.78 is 29.8. The summed E-state index contributed by atoms with van der Waals surface area (Å²) in [5.41, 5.74) is 0.816. The Hall–Kier alpha value is -2.50. The molecule has 0 saturated carbocycles. The van der Waals surface area contributed by atoms with Gasteiger partial charge in [0.1, 0.15) is 11.5 Å². The van der Waals surface area contributed by atoms with E-state index in [1.54, 1.807) is 12.1 Å². The number of amides is 1. The number of fused-ring (bicyclic) bond motifs is 1. The number of aliphatic imine (C=N–C) groups is 1. The minimum atomic E-state index is -3.57. The summed E-state index contributed by atoms with van der Waals surface area (Å²) in [4.78, 5) is 16.2. The van der Waals surface area contributed by atoms with E-state index in [4.69, 9.17) is 9.83 Å². The van der Waals surface area contributed by atoms with Crippen LogP contribution in [0.2, 0.25) is 0 Å². The number of rotatable bonds is 2. The van der Waals surface area contributed by atoms with Crippen LogP contribution in [0, 0.1) is 5.41 Å². The normalized spacial score (nSPS) is 18.4. The van der Waals surface area contributed by atoms with Gasteiger partial charge in [0, 0.05) is 16.3 Å². The maximum Gasteiger partial charge on any atom is 0.283 e. The van der Waals surface area contributed by atoms with E-state index >= 15 is 0 Å². The first-order valence-corrected chi connectivity index (χ1v) is 11.3. The number of nitrogens with zero attached hydrogens (tertiary/aromatic N) is 3. The second-order valence-electron chi connectivity index (χ2n) is 5.87. The minimum Gasteiger partial charge on any atom is -0.457 e. The highest BCUT2D eigenvalue weighted by Gasteiger charge is 2.38. The smallest absolute Gasteiger partial charge is 0.283 e. The Balaban J connectivity index is 1.66. The number of halogens is 1. The lowest BCUT2D eigenvalue weighted by Gasteiger charge is -2.19. The molecule has 2 aromatic rings. The number of hydrazone groups is 1. The molecule has 3 heterocycles. The molecule has 0 radical (unpaired) electrons. The zero-order valence-electron chi connectivity index (χ0n) is 14.2. The van der Waals surface area contributed by atoms with Crippen molar-refractivity contribution in [2.24, 2.45) is 10.1 Å². The number of sulfone groups is 1. The average molecular weight is 479 g/mol. The first-order chi connectivity index (χ1) is 13.2. The number of furan rings is 1. The van der Waals surface area contributed by atoms with Crippen LogP contribution in [0.3, 0.4) is 0 Å². The third-order valence-corrected chi connectivity index (χ3v) is 6.90. The molecular formula is C17H11BrN4O4S2. The number of benzene rings is 1. The van der Waals surface area contributed by atoms with Crippen molar-refractivity contribution in [3.05, 3.63) is 52.2 Å². The standard InChI is InChI=1S/C17H11BrN4O4S2/c1-28(24,25)17-21-22-14(19)12(15(23)20-16(22)27-17)8-11-6-7-13(26-11)9-2-4-10(18)5-3-9/h2-8,19H,1H3/b12-8+,19-14?. The molecule has 2 aliphatic rings. The van der Waals surface area contributed by atoms with E-state index in [0.29, 0.717) is 11.5 Å². The van der Waals surface area contributed by atoms with Crippen molar-refractivity contribution in [1.29, 1.82) is 5.41 Å². The number of nitrogens with one attached hydrogen (secondary N) is 1. The monoisotopic (exact) mass is 478 g/mol. The molecule has 28 heavy (non-hydrogen) atoms. The van der Waals surface area contributed by atoms with Gasteiger partial charge in [0.2, 0.25) is 19.4 Å². The van der Waals surface area contributed by atoms with Crippen molar-refractivity contribution in [2.75, 3.05) is 6.26 Å². The number of amidine groups is 2. The molecule has 1 amide bonds. The van der Waals surface area contributed by atoms with Gasteiger partial charge in [-0.15, -0.1) is 5.10 Å². The summed E-state index contributed by atoms with van der Waals surface area (Å²) in [6.45, 7) is 0. The van der Waals surface area contributed by atoms with Crippen LogP contribution < -0.4 is 0 Å². The summed E-state index contributed by atoms with van der Waals surface area (Å²) >= 11 is 4.11. The Morgan fingerprint density at radius 1 is 1.21 bits per heavy atom. The molecule has 1 aromatic heterocycles. The van der Waals surface area contributed by atoms with Gasteiger partial charge in [-0.05, 0) is 42.1 Å². The topological polar surface area (TPSA) is 116 Å². The van der Waals surface area contributed by atoms with Gasteiger partial charge in [0.05, 0.1) is 5.57 Å². The fourth-order valence-electron chi connectivity index (χ4n) is 2.47. The third-order valence-electron chi connectivity index (χ3n) is 3.80. The Morgan fingerprint density at radius 2 is 1.93 bits per heavy atom. The van der Waals surface area contributed by atoms with E-state index in [1.807, 2.05) is 24.3 Å². The lowest BCUT2D eigenvalue weighted by Crippen LogP contribution is -2.35. The molecule has 0 aliphatic carbocycles. The summed E-state index contributed by atoms with van der Waals surface area (Å²) in [5.74, 6) is 0.0503. The number of carbonyl (C=O) groups is 1. The van der Waals surface area contributed by atoms with Gasteiger partial charge in [0.15, 0.2) is 5.84 Å². The summed E-state index contributed by atoms with van der Waals surface area (Å²) in [6, 6.07) is 11.0. The van der Waals surface area contributed by atoms with Crippen LogP contribution in [0.5, 0.6) is 0 Å². The highest BCUT2D eigenvalue weighted by Crippen LogP contribution is 2.31.